The van der Waals surface area contributed by atoms with E-state index in [9.17, 15) is 18.3 Å². The van der Waals surface area contributed by atoms with Crippen LogP contribution in [0.2, 0.25) is 0 Å². The van der Waals surface area contributed by atoms with Crippen molar-refractivity contribution in [3.8, 4) is 22.6 Å². The predicted octanol–water partition coefficient (Wildman–Crippen LogP) is 5.94. The Hall–Kier alpha value is -5.37. The van der Waals surface area contributed by atoms with Crippen LogP contribution in [0.1, 0.15) is 40.8 Å². The van der Waals surface area contributed by atoms with Crippen molar-refractivity contribution in [1.29, 1.82) is 0 Å². The molecule has 0 radical (unpaired) electrons. The second kappa shape index (κ2) is 16.3. The van der Waals surface area contributed by atoms with Crippen LogP contribution >= 0.6 is 0 Å². The molecule has 0 bridgehead atoms. The molecule has 0 aliphatic rings. The van der Waals surface area contributed by atoms with Gasteiger partial charge < -0.3 is 29.6 Å². The molecule has 6 rings (SSSR count). The first-order chi connectivity index (χ1) is 25.2. The first-order valence-corrected chi connectivity index (χ1v) is 19.0. The minimum absolute atomic E-state index is 0.119. The number of hydrogen-bond acceptors (Lipinski definition) is 9. The number of nitrogens with one attached hydrogen (secondary N) is 3. The number of aryl methyl sites for hydroxylation is 2. The van der Waals surface area contributed by atoms with Crippen LogP contribution in [0.15, 0.2) is 84.9 Å². The lowest BCUT2D eigenvalue weighted by atomic mass is 9.98. The SMILES string of the molecule is CCOC(=O)c1[nH]c2c(-c3c(COc4ccc(NCCNS(C)(=O)=O)cc4)nn(C)c3CO)cccc2c1CCCOc1cccc2ccccc12. The van der Waals surface area contributed by atoms with E-state index in [4.69, 9.17) is 19.3 Å². The molecule has 12 nitrogen and oxygen atoms in total. The second-order valence-electron chi connectivity index (χ2n) is 12.3. The summed E-state index contributed by atoms with van der Waals surface area (Å²) in [5, 5.41) is 21.4. The molecule has 4 aromatic carbocycles. The molecule has 0 amide bonds. The molecule has 0 aliphatic carbocycles. The van der Waals surface area contributed by atoms with Crippen molar-refractivity contribution in [3.05, 3.63) is 108 Å². The Balaban J connectivity index is 1.23. The molecular weight excluding hydrogens is 683 g/mol. The standard InChI is InChI=1S/C39H43N5O7S/c1-4-49-39(46)38-31(15-9-23-50-35-16-7-11-26-10-5-6-12-29(26)35)30-13-8-14-32(37(30)42-38)36-33(43-44(2)34(36)24-45)25-51-28-19-17-27(18-20-28)40-21-22-41-52(3,47)48/h5-8,10-14,16-20,40-42,45H,4,9,15,21-25H2,1-3H3. The molecule has 272 valence electrons. The van der Waals surface area contributed by atoms with Gasteiger partial charge in [0.25, 0.3) is 0 Å². The van der Waals surface area contributed by atoms with Gasteiger partial charge in [-0.3, -0.25) is 4.68 Å². The Morgan fingerprint density at radius 3 is 2.46 bits per heavy atom. The van der Waals surface area contributed by atoms with E-state index in [1.54, 1.807) is 18.7 Å². The molecule has 2 aromatic heterocycles. The minimum atomic E-state index is -3.25. The summed E-state index contributed by atoms with van der Waals surface area (Å²) in [6.45, 7) is 3.03. The highest BCUT2D eigenvalue weighted by atomic mass is 32.2. The number of rotatable bonds is 17. The zero-order valence-electron chi connectivity index (χ0n) is 29.4. The minimum Gasteiger partial charge on any atom is -0.493 e. The highest BCUT2D eigenvalue weighted by molar-refractivity contribution is 7.88. The molecule has 0 fully saturated rings. The molecule has 52 heavy (non-hydrogen) atoms. The van der Waals surface area contributed by atoms with Crippen molar-refractivity contribution < 1.29 is 32.5 Å². The van der Waals surface area contributed by atoms with Gasteiger partial charge in [-0.15, -0.1) is 0 Å². The zero-order valence-corrected chi connectivity index (χ0v) is 30.3. The summed E-state index contributed by atoms with van der Waals surface area (Å²) >= 11 is 0. The number of sulfonamides is 1. The fraction of sp³-hybridized carbons (Fsp3) is 0.282. The number of aliphatic hydroxyl groups is 1. The Bertz CT molecular complexity index is 2280. The van der Waals surface area contributed by atoms with Gasteiger partial charge in [0.15, 0.2) is 0 Å². The third-order valence-electron chi connectivity index (χ3n) is 8.71. The van der Waals surface area contributed by atoms with Gasteiger partial charge in [0.2, 0.25) is 10.0 Å². The number of fused-ring (bicyclic) bond motifs is 2. The Labute approximate surface area is 302 Å². The fourth-order valence-corrected chi connectivity index (χ4v) is 6.82. The van der Waals surface area contributed by atoms with Crippen LogP contribution in [0.5, 0.6) is 11.5 Å². The maximum absolute atomic E-state index is 13.3. The molecule has 13 heteroatoms. The third kappa shape index (κ3) is 8.39. The van der Waals surface area contributed by atoms with E-state index in [-0.39, 0.29) is 26.4 Å². The molecule has 0 aliphatic heterocycles. The number of esters is 1. The van der Waals surface area contributed by atoms with Gasteiger partial charge in [0.05, 0.1) is 37.3 Å². The molecular formula is C39H43N5O7S. The number of carbonyl (C=O) groups excluding carboxylic acids is 1. The highest BCUT2D eigenvalue weighted by Crippen LogP contribution is 2.37. The summed E-state index contributed by atoms with van der Waals surface area (Å²) in [6.07, 6.45) is 2.35. The molecule has 0 atom stereocenters. The van der Waals surface area contributed by atoms with Crippen LogP contribution < -0.4 is 19.5 Å². The lowest BCUT2D eigenvalue weighted by Gasteiger charge is -2.11. The van der Waals surface area contributed by atoms with Gasteiger partial charge >= 0.3 is 5.97 Å². The van der Waals surface area contributed by atoms with E-state index in [0.29, 0.717) is 48.8 Å². The average molecular weight is 726 g/mol. The van der Waals surface area contributed by atoms with Crippen molar-refractivity contribution in [2.45, 2.75) is 33.0 Å². The van der Waals surface area contributed by atoms with E-state index < -0.39 is 16.0 Å². The normalized spacial score (nSPS) is 11.6. The highest BCUT2D eigenvalue weighted by Gasteiger charge is 2.25. The van der Waals surface area contributed by atoms with Gasteiger partial charge in [0, 0.05) is 47.7 Å². The number of ether oxygens (including phenoxy) is 3. The summed E-state index contributed by atoms with van der Waals surface area (Å²) in [7, 11) is -1.47. The average Bonchev–Trinajstić information content (AvgIpc) is 3.67. The number of hydrogen-bond donors (Lipinski definition) is 4. The van der Waals surface area contributed by atoms with Gasteiger partial charge in [-0.1, -0.05) is 54.6 Å². The summed E-state index contributed by atoms with van der Waals surface area (Å²) < 4.78 is 44.5. The molecule has 0 saturated heterocycles. The van der Waals surface area contributed by atoms with Crippen LogP contribution in [-0.4, -0.2) is 66.8 Å². The van der Waals surface area contributed by atoms with E-state index in [1.807, 2.05) is 72.8 Å². The lowest BCUT2D eigenvalue weighted by Crippen LogP contribution is -2.27. The van der Waals surface area contributed by atoms with Gasteiger partial charge in [-0.25, -0.2) is 17.9 Å². The summed E-state index contributed by atoms with van der Waals surface area (Å²) in [6, 6.07) is 27.3. The summed E-state index contributed by atoms with van der Waals surface area (Å²) in [4.78, 5) is 16.7. The van der Waals surface area contributed by atoms with Crippen LogP contribution in [0.3, 0.4) is 0 Å². The van der Waals surface area contributed by atoms with Crippen molar-refractivity contribution in [1.82, 2.24) is 19.5 Å². The van der Waals surface area contributed by atoms with Crippen LogP contribution in [0, 0.1) is 0 Å². The van der Waals surface area contributed by atoms with Gasteiger partial charge in [-0.2, -0.15) is 5.10 Å². The molecule has 0 saturated carbocycles. The quantitative estimate of drug-likeness (QED) is 0.0660. The number of aliphatic hydroxyl groups excluding tert-OH is 1. The maximum Gasteiger partial charge on any atom is 0.355 e. The van der Waals surface area contributed by atoms with Gasteiger partial charge in [-0.05, 0) is 61.0 Å². The number of para-hydroxylation sites is 1. The molecule has 4 N–H and O–H groups in total. The smallest absolute Gasteiger partial charge is 0.355 e. The van der Waals surface area contributed by atoms with Crippen LogP contribution in [-0.2, 0) is 41.4 Å². The number of anilines is 1. The van der Waals surface area contributed by atoms with Crippen molar-refractivity contribution >= 4 is 43.4 Å². The molecule has 6 aromatic rings. The maximum atomic E-state index is 13.3. The van der Waals surface area contributed by atoms with Gasteiger partial charge in [0.1, 0.15) is 29.5 Å². The summed E-state index contributed by atoms with van der Waals surface area (Å²) in [5.41, 5.74) is 5.49. The van der Waals surface area contributed by atoms with E-state index >= 15 is 0 Å². The van der Waals surface area contributed by atoms with Crippen molar-refractivity contribution in [2.24, 2.45) is 7.05 Å². The Morgan fingerprint density at radius 2 is 1.69 bits per heavy atom. The summed E-state index contributed by atoms with van der Waals surface area (Å²) in [5.74, 6) is 0.994. The number of aromatic nitrogens is 3. The van der Waals surface area contributed by atoms with E-state index in [0.717, 1.165) is 56.1 Å². The Kier molecular flexibility index (Phi) is 11.4. The van der Waals surface area contributed by atoms with Crippen molar-refractivity contribution in [2.75, 3.05) is 37.9 Å². The van der Waals surface area contributed by atoms with Crippen molar-refractivity contribution in [3.63, 3.8) is 0 Å². The number of nitrogens with zero attached hydrogens (tertiary/aromatic N) is 2. The Morgan fingerprint density at radius 1 is 0.942 bits per heavy atom. The van der Waals surface area contributed by atoms with E-state index in [2.05, 4.69) is 27.2 Å². The topological polar surface area (TPSA) is 157 Å². The number of benzene rings is 4. The lowest BCUT2D eigenvalue weighted by molar-refractivity contribution is 0.0519. The third-order valence-corrected chi connectivity index (χ3v) is 9.43. The van der Waals surface area contributed by atoms with E-state index in [1.165, 1.54) is 0 Å². The number of carbonyl (C=O) groups is 1. The largest absolute Gasteiger partial charge is 0.493 e. The number of aromatic amines is 1. The second-order valence-corrected chi connectivity index (χ2v) is 14.1. The fourth-order valence-electron chi connectivity index (χ4n) is 6.35. The zero-order chi connectivity index (χ0) is 36.7. The first kappa shape index (κ1) is 36.4. The van der Waals surface area contributed by atoms with Crippen LogP contribution in [0.4, 0.5) is 5.69 Å². The number of H-pyrrole nitrogens is 1. The van der Waals surface area contributed by atoms with Crippen LogP contribution in [0.25, 0.3) is 32.8 Å². The first-order valence-electron chi connectivity index (χ1n) is 17.2. The molecule has 0 unspecified atom stereocenters. The monoisotopic (exact) mass is 725 g/mol. The molecule has 2 heterocycles. The predicted molar refractivity (Wildman–Crippen MR) is 202 cm³/mol. The molecule has 0 spiro atoms.